The lowest BCUT2D eigenvalue weighted by Crippen LogP contribution is -2.43. The molecule has 0 atom stereocenters. The smallest absolute Gasteiger partial charge is 0.251 e. The Labute approximate surface area is 154 Å². The predicted molar refractivity (Wildman–Crippen MR) is 99.0 cm³/mol. The van der Waals surface area contributed by atoms with Gasteiger partial charge < -0.3 is 20.3 Å². The monoisotopic (exact) mass is 361 g/mol. The van der Waals surface area contributed by atoms with Gasteiger partial charge in [-0.05, 0) is 44.4 Å². The predicted octanol–water partition coefficient (Wildman–Crippen LogP) is 1.57. The fourth-order valence-corrected chi connectivity index (χ4v) is 3.06. The van der Waals surface area contributed by atoms with Crippen molar-refractivity contribution in [3.63, 3.8) is 0 Å². The van der Waals surface area contributed by atoms with Gasteiger partial charge in [0.15, 0.2) is 0 Å². The highest BCUT2D eigenvalue weighted by Gasteiger charge is 2.27. The molecular weight excluding hydrogens is 334 g/mol. The van der Waals surface area contributed by atoms with E-state index < -0.39 is 0 Å². The number of likely N-dealkylation sites (tertiary alicyclic amines) is 1. The van der Waals surface area contributed by atoms with Gasteiger partial charge in [-0.3, -0.25) is 14.4 Å². The van der Waals surface area contributed by atoms with Crippen LogP contribution in [-0.4, -0.2) is 56.0 Å². The zero-order chi connectivity index (χ0) is 19.1. The molecule has 0 aliphatic carbocycles. The number of anilines is 1. The van der Waals surface area contributed by atoms with Gasteiger partial charge in [0.2, 0.25) is 11.8 Å². The van der Waals surface area contributed by atoms with Crippen LogP contribution in [0.3, 0.4) is 0 Å². The highest BCUT2D eigenvalue weighted by molar-refractivity contribution is 5.99. The van der Waals surface area contributed by atoms with E-state index in [0.717, 1.165) is 5.56 Å². The number of hydrogen-bond donors (Lipinski definition) is 2. The zero-order valence-electron chi connectivity index (χ0n) is 15.6. The number of amides is 3. The second-order valence-electron chi connectivity index (χ2n) is 6.34. The third-order valence-corrected chi connectivity index (χ3v) is 4.71. The second kappa shape index (κ2) is 9.33. The largest absolute Gasteiger partial charge is 0.372 e. The van der Waals surface area contributed by atoms with Crippen LogP contribution in [0.25, 0.3) is 0 Å². The van der Waals surface area contributed by atoms with Crippen LogP contribution in [0.5, 0.6) is 0 Å². The first-order valence-corrected chi connectivity index (χ1v) is 8.96. The van der Waals surface area contributed by atoms with Gasteiger partial charge in [-0.15, -0.1) is 0 Å². The van der Waals surface area contributed by atoms with Crippen LogP contribution >= 0.6 is 0 Å². The Morgan fingerprint density at radius 1 is 1.23 bits per heavy atom. The molecule has 1 aliphatic rings. The van der Waals surface area contributed by atoms with E-state index in [9.17, 15) is 14.4 Å². The minimum Gasteiger partial charge on any atom is -0.372 e. The van der Waals surface area contributed by atoms with E-state index in [0.29, 0.717) is 43.8 Å². The molecule has 2 N–H and O–H groups in total. The maximum Gasteiger partial charge on any atom is 0.251 e. The van der Waals surface area contributed by atoms with Gasteiger partial charge in [-0.25, -0.2) is 0 Å². The molecule has 1 heterocycles. The maximum absolute atomic E-state index is 12.6. The minimum atomic E-state index is -0.181. The molecule has 0 spiro atoms. The number of benzene rings is 1. The van der Waals surface area contributed by atoms with Crippen LogP contribution in [0.15, 0.2) is 18.2 Å². The topological polar surface area (TPSA) is 87.7 Å². The summed E-state index contributed by atoms with van der Waals surface area (Å²) in [5.41, 5.74) is 1.93. The summed E-state index contributed by atoms with van der Waals surface area (Å²) in [6, 6.07) is 5.27. The van der Waals surface area contributed by atoms with Crippen molar-refractivity contribution in [3.05, 3.63) is 29.3 Å². The number of ether oxygens (including phenoxy) is 1. The molecule has 0 bridgehead atoms. The van der Waals surface area contributed by atoms with E-state index in [2.05, 4.69) is 10.6 Å². The summed E-state index contributed by atoms with van der Waals surface area (Å²) in [7, 11) is 1.58. The molecule has 0 aromatic heterocycles. The highest BCUT2D eigenvalue weighted by Crippen LogP contribution is 2.23. The normalized spacial score (nSPS) is 14.8. The first-order chi connectivity index (χ1) is 12.5. The number of carbonyl (C=O) groups excluding carboxylic acids is 3. The number of nitrogens with zero attached hydrogens (tertiary/aromatic N) is 1. The molecule has 2 rings (SSSR count). The van der Waals surface area contributed by atoms with Crippen molar-refractivity contribution < 1.29 is 19.1 Å². The summed E-state index contributed by atoms with van der Waals surface area (Å²) in [6.07, 6.45) is 1.25. The fraction of sp³-hybridized carbons (Fsp3) is 0.526. The molecular formula is C19H27N3O4. The summed E-state index contributed by atoms with van der Waals surface area (Å²) in [5, 5.41) is 5.53. The average Bonchev–Trinajstić information content (AvgIpc) is 2.67. The van der Waals surface area contributed by atoms with Crippen LogP contribution in [0.2, 0.25) is 0 Å². The summed E-state index contributed by atoms with van der Waals surface area (Å²) in [5.74, 6) is -0.423. The molecule has 3 amide bonds. The van der Waals surface area contributed by atoms with Crippen molar-refractivity contribution in [3.8, 4) is 0 Å². The summed E-state index contributed by atoms with van der Waals surface area (Å²) in [4.78, 5) is 38.2. The van der Waals surface area contributed by atoms with Gasteiger partial charge in [0.05, 0.1) is 0 Å². The van der Waals surface area contributed by atoms with Gasteiger partial charge in [0.25, 0.3) is 5.91 Å². The van der Waals surface area contributed by atoms with Crippen molar-refractivity contribution in [2.75, 3.05) is 38.7 Å². The van der Waals surface area contributed by atoms with Crippen molar-refractivity contribution in [1.29, 1.82) is 0 Å². The Bertz CT molecular complexity index is 667. The van der Waals surface area contributed by atoms with Crippen LogP contribution < -0.4 is 10.6 Å². The lowest BCUT2D eigenvalue weighted by molar-refractivity contribution is -0.138. The fourth-order valence-electron chi connectivity index (χ4n) is 3.06. The molecule has 1 fully saturated rings. The zero-order valence-corrected chi connectivity index (χ0v) is 15.6. The highest BCUT2D eigenvalue weighted by atomic mass is 16.5. The van der Waals surface area contributed by atoms with Crippen LogP contribution in [0.1, 0.15) is 35.7 Å². The molecule has 7 heteroatoms. The van der Waals surface area contributed by atoms with Gasteiger partial charge in [-0.1, -0.05) is 6.07 Å². The van der Waals surface area contributed by atoms with E-state index in [1.54, 1.807) is 30.1 Å². The van der Waals surface area contributed by atoms with Gasteiger partial charge in [-0.2, -0.15) is 0 Å². The van der Waals surface area contributed by atoms with Crippen LogP contribution in [-0.2, 0) is 14.3 Å². The van der Waals surface area contributed by atoms with Crippen LogP contribution in [0, 0.1) is 12.8 Å². The Balaban J connectivity index is 1.94. The second-order valence-corrected chi connectivity index (χ2v) is 6.34. The molecule has 1 aromatic rings. The molecule has 1 saturated heterocycles. The van der Waals surface area contributed by atoms with E-state index in [1.807, 2.05) is 13.8 Å². The SMILES string of the molecule is CCOCC(=O)N1CCC(C(=O)Nc2cccc(C(=O)NC)c2C)CC1. The molecule has 7 nitrogen and oxygen atoms in total. The summed E-state index contributed by atoms with van der Waals surface area (Å²) in [6.45, 7) is 5.39. The van der Waals surface area contributed by atoms with E-state index in [1.165, 1.54) is 0 Å². The quantitative estimate of drug-likeness (QED) is 0.805. The first kappa shape index (κ1) is 19.9. The van der Waals surface area contributed by atoms with Gasteiger partial charge in [0, 0.05) is 43.9 Å². The third kappa shape index (κ3) is 4.82. The minimum absolute atomic E-state index is 0.0279. The number of carbonyl (C=O) groups is 3. The molecule has 1 aromatic carbocycles. The molecule has 0 saturated carbocycles. The number of piperidine rings is 1. The lowest BCUT2D eigenvalue weighted by atomic mass is 9.95. The van der Waals surface area contributed by atoms with Crippen molar-refractivity contribution >= 4 is 23.4 Å². The number of rotatable bonds is 6. The Kier molecular flexibility index (Phi) is 7.15. The summed E-state index contributed by atoms with van der Waals surface area (Å²) >= 11 is 0. The Hall–Kier alpha value is -2.41. The molecule has 142 valence electrons. The van der Waals surface area contributed by atoms with Crippen LogP contribution in [0.4, 0.5) is 5.69 Å². The number of hydrogen-bond acceptors (Lipinski definition) is 4. The van der Waals surface area contributed by atoms with Crippen molar-refractivity contribution in [1.82, 2.24) is 10.2 Å². The van der Waals surface area contributed by atoms with Gasteiger partial charge >= 0.3 is 0 Å². The van der Waals surface area contributed by atoms with E-state index in [-0.39, 0.29) is 30.2 Å². The molecule has 0 radical (unpaired) electrons. The summed E-state index contributed by atoms with van der Waals surface area (Å²) < 4.78 is 5.15. The van der Waals surface area contributed by atoms with Crippen molar-refractivity contribution in [2.45, 2.75) is 26.7 Å². The standard InChI is InChI=1S/C19H27N3O4/c1-4-26-12-17(23)22-10-8-14(9-11-22)18(24)21-16-7-5-6-15(13(16)2)19(25)20-3/h5-7,14H,4,8-12H2,1-3H3,(H,20,25)(H,21,24). The Morgan fingerprint density at radius 2 is 1.92 bits per heavy atom. The Morgan fingerprint density at radius 3 is 2.54 bits per heavy atom. The maximum atomic E-state index is 12.6. The first-order valence-electron chi connectivity index (χ1n) is 8.96. The lowest BCUT2D eigenvalue weighted by Gasteiger charge is -2.31. The number of nitrogens with one attached hydrogen (secondary N) is 2. The van der Waals surface area contributed by atoms with Crippen molar-refractivity contribution in [2.24, 2.45) is 5.92 Å². The van der Waals surface area contributed by atoms with E-state index in [4.69, 9.17) is 4.74 Å². The third-order valence-electron chi connectivity index (χ3n) is 4.71. The average molecular weight is 361 g/mol. The molecule has 1 aliphatic heterocycles. The molecule has 26 heavy (non-hydrogen) atoms. The van der Waals surface area contributed by atoms with E-state index >= 15 is 0 Å². The van der Waals surface area contributed by atoms with Gasteiger partial charge in [0.1, 0.15) is 6.61 Å². The molecule has 0 unspecified atom stereocenters.